The van der Waals surface area contributed by atoms with Crippen molar-refractivity contribution in [2.24, 2.45) is 0 Å². The van der Waals surface area contributed by atoms with E-state index in [-0.39, 0.29) is 17.5 Å². The summed E-state index contributed by atoms with van der Waals surface area (Å²) in [6, 6.07) is 21.5. The first-order chi connectivity index (χ1) is 16.2. The first kappa shape index (κ1) is 25.1. The van der Waals surface area contributed by atoms with Crippen LogP contribution >= 0.6 is 0 Å². The number of hydrogen-bond acceptors (Lipinski definition) is 5. The second kappa shape index (κ2) is 11.0. The maximum absolute atomic E-state index is 13.7. The van der Waals surface area contributed by atoms with Crippen molar-refractivity contribution in [1.29, 1.82) is 5.26 Å². The number of halogens is 1. The number of nitrogens with one attached hydrogen (secondary N) is 1. The summed E-state index contributed by atoms with van der Waals surface area (Å²) < 4.78 is 44.1. The Labute approximate surface area is 198 Å². The van der Waals surface area contributed by atoms with Crippen LogP contribution in [0.1, 0.15) is 17.5 Å². The average molecular weight is 482 g/mol. The number of rotatable bonds is 5. The third-order valence-electron chi connectivity index (χ3n) is 5.40. The molecule has 1 atom stereocenters. The minimum atomic E-state index is -4.36. The summed E-state index contributed by atoms with van der Waals surface area (Å²) in [5, 5.41) is 11.8. The quantitative estimate of drug-likeness (QED) is 0.539. The maximum Gasteiger partial charge on any atom is 0.294 e. The van der Waals surface area contributed by atoms with E-state index in [2.05, 4.69) is 11.4 Å². The van der Waals surface area contributed by atoms with Gasteiger partial charge in [0.25, 0.3) is 10.1 Å². The fraction of sp³-hybridized carbons (Fsp3) is 0.200. The van der Waals surface area contributed by atoms with Crippen LogP contribution in [0, 0.1) is 17.1 Å². The highest BCUT2D eigenvalue weighted by Gasteiger charge is 2.29. The molecule has 9 heteroatoms. The SMILES string of the molecule is CN[C@H]1CCN(Cc2cccc(C#N)c2)C1=O.O=S(=O)(O)c1ccc(-c2ccccc2)c(F)c1. The van der Waals surface area contributed by atoms with E-state index in [4.69, 9.17) is 9.81 Å². The van der Waals surface area contributed by atoms with Gasteiger partial charge in [-0.25, -0.2) is 4.39 Å². The van der Waals surface area contributed by atoms with E-state index >= 15 is 0 Å². The lowest BCUT2D eigenvalue weighted by Crippen LogP contribution is -2.35. The molecule has 0 unspecified atom stereocenters. The highest BCUT2D eigenvalue weighted by molar-refractivity contribution is 7.85. The number of nitriles is 1. The smallest absolute Gasteiger partial charge is 0.294 e. The van der Waals surface area contributed by atoms with Gasteiger partial charge in [0, 0.05) is 18.7 Å². The Morgan fingerprint density at radius 1 is 1.12 bits per heavy atom. The number of carbonyl (C=O) groups excluding carboxylic acids is 1. The molecule has 1 fully saturated rings. The van der Waals surface area contributed by atoms with E-state index in [1.807, 2.05) is 30.1 Å². The number of likely N-dealkylation sites (N-methyl/N-ethyl adjacent to an activating group) is 1. The first-order valence-electron chi connectivity index (χ1n) is 10.5. The van der Waals surface area contributed by atoms with E-state index in [1.165, 1.54) is 12.1 Å². The minimum absolute atomic E-state index is 0.0471. The molecular formula is C25H24FN3O4S. The topological polar surface area (TPSA) is 111 Å². The minimum Gasteiger partial charge on any atom is -0.337 e. The van der Waals surface area contributed by atoms with Gasteiger partial charge in [-0.3, -0.25) is 9.35 Å². The Balaban J connectivity index is 0.000000191. The molecule has 1 aliphatic heterocycles. The molecule has 1 aliphatic rings. The molecule has 0 aliphatic carbocycles. The lowest BCUT2D eigenvalue weighted by molar-refractivity contribution is -0.129. The molecule has 1 heterocycles. The van der Waals surface area contributed by atoms with E-state index in [1.54, 1.807) is 36.4 Å². The predicted molar refractivity (Wildman–Crippen MR) is 126 cm³/mol. The van der Waals surface area contributed by atoms with Gasteiger partial charge < -0.3 is 10.2 Å². The van der Waals surface area contributed by atoms with Gasteiger partial charge in [0.15, 0.2) is 0 Å². The van der Waals surface area contributed by atoms with Crippen molar-refractivity contribution in [3.63, 3.8) is 0 Å². The van der Waals surface area contributed by atoms with Crippen molar-refractivity contribution < 1.29 is 22.2 Å². The van der Waals surface area contributed by atoms with Crippen molar-refractivity contribution >= 4 is 16.0 Å². The molecular weight excluding hydrogens is 457 g/mol. The fourth-order valence-electron chi connectivity index (χ4n) is 3.63. The molecule has 1 saturated heterocycles. The molecule has 0 spiro atoms. The van der Waals surface area contributed by atoms with Gasteiger partial charge in [0.1, 0.15) is 5.82 Å². The summed E-state index contributed by atoms with van der Waals surface area (Å²) in [5.74, 6) is -0.541. The largest absolute Gasteiger partial charge is 0.337 e. The van der Waals surface area contributed by atoms with Gasteiger partial charge in [-0.1, -0.05) is 48.5 Å². The van der Waals surface area contributed by atoms with Crippen molar-refractivity contribution in [3.8, 4) is 17.2 Å². The number of amides is 1. The summed E-state index contributed by atoms with van der Waals surface area (Å²) >= 11 is 0. The van der Waals surface area contributed by atoms with E-state index in [0.29, 0.717) is 17.7 Å². The van der Waals surface area contributed by atoms with Crippen LogP contribution in [-0.4, -0.2) is 43.4 Å². The van der Waals surface area contributed by atoms with Gasteiger partial charge in [-0.15, -0.1) is 0 Å². The lowest BCUT2D eigenvalue weighted by atomic mass is 10.1. The Morgan fingerprint density at radius 2 is 1.85 bits per heavy atom. The molecule has 0 aromatic heterocycles. The van der Waals surface area contributed by atoms with Crippen LogP contribution in [0.5, 0.6) is 0 Å². The summed E-state index contributed by atoms with van der Waals surface area (Å²) in [4.78, 5) is 13.3. The van der Waals surface area contributed by atoms with Gasteiger partial charge in [0.2, 0.25) is 5.91 Å². The second-order valence-electron chi connectivity index (χ2n) is 7.68. The summed E-state index contributed by atoms with van der Waals surface area (Å²) in [6.45, 7) is 1.37. The molecule has 3 aromatic rings. The lowest BCUT2D eigenvalue weighted by Gasteiger charge is -2.16. The fourth-order valence-corrected chi connectivity index (χ4v) is 4.12. The summed E-state index contributed by atoms with van der Waals surface area (Å²) in [5.41, 5.74) is 2.58. The second-order valence-corrected chi connectivity index (χ2v) is 9.11. The van der Waals surface area contributed by atoms with Crippen LogP contribution in [0.25, 0.3) is 11.1 Å². The highest BCUT2D eigenvalue weighted by atomic mass is 32.2. The van der Waals surface area contributed by atoms with Gasteiger partial charge >= 0.3 is 0 Å². The van der Waals surface area contributed by atoms with E-state index in [9.17, 15) is 17.6 Å². The molecule has 176 valence electrons. The number of benzene rings is 3. The molecule has 7 nitrogen and oxygen atoms in total. The zero-order valence-corrected chi connectivity index (χ0v) is 19.3. The predicted octanol–water partition coefficient (Wildman–Crippen LogP) is 3.62. The standard InChI is InChI=1S/C13H15N3O.C12H9FO3S/c1-15-12-5-6-16(13(12)17)9-11-4-2-3-10(7-11)8-14;13-12-8-10(17(14,15)16)6-7-11(12)9-4-2-1-3-5-9/h2-4,7,12,15H,5-6,9H2,1H3;1-8H,(H,14,15,16)/t12-;/m0./s1. The third-order valence-corrected chi connectivity index (χ3v) is 6.25. The number of hydrogen-bond donors (Lipinski definition) is 2. The van der Waals surface area contributed by atoms with Crippen LogP contribution in [0.3, 0.4) is 0 Å². The van der Waals surface area contributed by atoms with Crippen LogP contribution < -0.4 is 5.32 Å². The third kappa shape index (κ3) is 6.26. The summed E-state index contributed by atoms with van der Waals surface area (Å²) in [6.07, 6.45) is 0.854. The first-order valence-corrected chi connectivity index (χ1v) is 11.9. The number of carbonyl (C=O) groups is 1. The molecule has 0 radical (unpaired) electrons. The Hall–Kier alpha value is -3.58. The molecule has 0 bridgehead atoms. The Bertz CT molecular complexity index is 1310. The van der Waals surface area contributed by atoms with Gasteiger partial charge in [-0.2, -0.15) is 13.7 Å². The van der Waals surface area contributed by atoms with Crippen molar-refractivity contribution in [2.75, 3.05) is 13.6 Å². The number of likely N-dealkylation sites (tertiary alicyclic amines) is 1. The van der Waals surface area contributed by atoms with E-state index in [0.717, 1.165) is 24.6 Å². The van der Waals surface area contributed by atoms with Crippen LogP contribution in [-0.2, 0) is 21.5 Å². The summed E-state index contributed by atoms with van der Waals surface area (Å²) in [7, 11) is -2.56. The molecule has 4 rings (SSSR count). The van der Waals surface area contributed by atoms with Crippen molar-refractivity contribution in [3.05, 3.63) is 89.7 Å². The monoisotopic (exact) mass is 481 g/mol. The highest BCUT2D eigenvalue weighted by Crippen LogP contribution is 2.24. The Kier molecular flexibility index (Phi) is 8.12. The van der Waals surface area contributed by atoms with Crippen LogP contribution in [0.15, 0.2) is 77.7 Å². The van der Waals surface area contributed by atoms with Crippen molar-refractivity contribution in [2.45, 2.75) is 23.9 Å². The maximum atomic E-state index is 13.7. The van der Waals surface area contributed by atoms with Crippen LogP contribution in [0.2, 0.25) is 0 Å². The van der Waals surface area contributed by atoms with Gasteiger partial charge in [0.05, 0.1) is 22.6 Å². The zero-order chi connectivity index (χ0) is 24.7. The molecule has 34 heavy (non-hydrogen) atoms. The Morgan fingerprint density at radius 3 is 2.44 bits per heavy atom. The van der Waals surface area contributed by atoms with Gasteiger partial charge in [-0.05, 0) is 48.9 Å². The molecule has 1 amide bonds. The number of nitrogens with zero attached hydrogens (tertiary/aromatic N) is 2. The average Bonchev–Trinajstić information content (AvgIpc) is 3.18. The molecule has 0 saturated carbocycles. The normalized spacial score (nSPS) is 15.4. The van der Waals surface area contributed by atoms with Crippen molar-refractivity contribution in [1.82, 2.24) is 10.2 Å². The molecule has 2 N–H and O–H groups in total. The van der Waals surface area contributed by atoms with Crippen LogP contribution in [0.4, 0.5) is 4.39 Å². The van der Waals surface area contributed by atoms with E-state index < -0.39 is 20.8 Å². The molecule has 3 aromatic carbocycles. The zero-order valence-electron chi connectivity index (χ0n) is 18.5.